The molecule has 0 aromatic carbocycles. The number of aliphatic imine (C=N–C) groups is 1. The van der Waals surface area contributed by atoms with Crippen molar-refractivity contribution in [2.24, 2.45) is 22.2 Å². The molecule has 0 spiro atoms. The minimum absolute atomic E-state index is 0.0111. The standard InChI is InChI=1S/C27H37Cl2F3N4O4/c1-6-40-25(38)16-7-9-17(10-8-16)35-22(27(30,31)32)19(13-33)24(37)36(15-26(2,3)4)12-11-18-20(28)14-34-23(39-5)21(18)29/h13-14,16-17,19,33H,6-12,15H2,1-5H3. The van der Waals surface area contributed by atoms with E-state index in [0.29, 0.717) is 24.6 Å². The van der Waals surface area contributed by atoms with E-state index in [1.165, 1.54) is 18.2 Å². The van der Waals surface area contributed by atoms with Crippen LogP contribution in [0.1, 0.15) is 58.9 Å². The van der Waals surface area contributed by atoms with E-state index in [1.54, 1.807) is 6.92 Å². The first-order chi connectivity index (χ1) is 18.6. The van der Waals surface area contributed by atoms with Gasteiger partial charge < -0.3 is 19.8 Å². The maximum atomic E-state index is 14.3. The number of halogens is 5. The lowest BCUT2D eigenvalue weighted by Gasteiger charge is -2.33. The van der Waals surface area contributed by atoms with Crippen molar-refractivity contribution >= 4 is 47.0 Å². The topological polar surface area (TPSA) is 105 Å². The summed E-state index contributed by atoms with van der Waals surface area (Å²) < 4.78 is 53.0. The fourth-order valence-electron chi connectivity index (χ4n) is 4.63. The second-order valence-electron chi connectivity index (χ2n) is 10.9. The molecule has 8 nitrogen and oxygen atoms in total. The second-order valence-corrected chi connectivity index (χ2v) is 11.7. The number of pyridine rings is 1. The molecule has 1 aliphatic rings. The van der Waals surface area contributed by atoms with Gasteiger partial charge in [0.2, 0.25) is 11.8 Å². The third-order valence-corrected chi connectivity index (χ3v) is 7.21. The minimum atomic E-state index is -4.94. The van der Waals surface area contributed by atoms with Gasteiger partial charge in [-0.3, -0.25) is 14.6 Å². The first kappa shape index (κ1) is 33.8. The number of nitrogens with zero attached hydrogens (tertiary/aromatic N) is 3. The molecule has 1 aromatic heterocycles. The van der Waals surface area contributed by atoms with Crippen LogP contribution in [0.3, 0.4) is 0 Å². The summed E-state index contributed by atoms with van der Waals surface area (Å²) in [5.74, 6) is -3.43. The number of esters is 1. The predicted molar refractivity (Wildman–Crippen MR) is 149 cm³/mol. The smallest absolute Gasteiger partial charge is 0.430 e. The SMILES string of the molecule is CCOC(=O)C1CCC(N=C(C(C=N)C(=O)N(CCc2c(Cl)cnc(OC)c2Cl)CC(C)(C)C)C(F)(F)F)CC1. The Morgan fingerprint density at radius 1 is 1.23 bits per heavy atom. The molecule has 1 aromatic rings. The highest BCUT2D eigenvalue weighted by Gasteiger charge is 2.45. The van der Waals surface area contributed by atoms with E-state index in [2.05, 4.69) is 9.98 Å². The van der Waals surface area contributed by atoms with Crippen molar-refractivity contribution in [1.29, 1.82) is 5.41 Å². The van der Waals surface area contributed by atoms with Gasteiger partial charge in [0, 0.05) is 25.5 Å². The Bertz CT molecular complexity index is 1080. The van der Waals surface area contributed by atoms with Gasteiger partial charge >= 0.3 is 12.1 Å². The maximum Gasteiger partial charge on any atom is 0.430 e. The number of hydrogen-bond acceptors (Lipinski definition) is 7. The van der Waals surface area contributed by atoms with Crippen LogP contribution in [0.15, 0.2) is 11.2 Å². The largest absolute Gasteiger partial charge is 0.480 e. The van der Waals surface area contributed by atoms with Gasteiger partial charge in [0.1, 0.15) is 16.7 Å². The number of amides is 1. The highest BCUT2D eigenvalue weighted by atomic mass is 35.5. The van der Waals surface area contributed by atoms with Crippen LogP contribution < -0.4 is 4.74 Å². The zero-order valence-electron chi connectivity index (χ0n) is 23.4. The first-order valence-corrected chi connectivity index (χ1v) is 13.9. The highest BCUT2D eigenvalue weighted by Crippen LogP contribution is 2.33. The predicted octanol–water partition coefficient (Wildman–Crippen LogP) is 6.21. The molecule has 40 heavy (non-hydrogen) atoms. The van der Waals surface area contributed by atoms with Crippen LogP contribution in [0.2, 0.25) is 10.0 Å². The highest BCUT2D eigenvalue weighted by molar-refractivity contribution is 6.36. The van der Waals surface area contributed by atoms with E-state index in [-0.39, 0.29) is 66.8 Å². The lowest BCUT2D eigenvalue weighted by molar-refractivity contribution is -0.149. The Labute approximate surface area is 243 Å². The molecule has 1 N–H and O–H groups in total. The molecule has 0 saturated heterocycles. The van der Waals surface area contributed by atoms with Gasteiger partial charge in [0.05, 0.1) is 30.7 Å². The molecule has 1 fully saturated rings. The summed E-state index contributed by atoms with van der Waals surface area (Å²) in [7, 11) is 1.39. The number of rotatable bonds is 11. The number of carbonyl (C=O) groups excluding carboxylic acids is 2. The summed E-state index contributed by atoms with van der Waals surface area (Å²) in [5.41, 5.74) is -1.34. The van der Waals surface area contributed by atoms with Gasteiger partial charge in [-0.1, -0.05) is 44.0 Å². The Balaban J connectivity index is 2.34. The van der Waals surface area contributed by atoms with E-state index in [4.69, 9.17) is 38.1 Å². The molecule has 0 aliphatic heterocycles. The van der Waals surface area contributed by atoms with Crippen LogP contribution in [0.5, 0.6) is 5.88 Å². The number of carbonyl (C=O) groups is 2. The van der Waals surface area contributed by atoms with Crippen LogP contribution >= 0.6 is 23.2 Å². The Morgan fingerprint density at radius 2 is 1.85 bits per heavy atom. The molecule has 1 heterocycles. The molecule has 1 aliphatic carbocycles. The Hall–Kier alpha value is -2.40. The molecule has 0 bridgehead atoms. The van der Waals surface area contributed by atoms with Crippen LogP contribution in [0.25, 0.3) is 0 Å². The van der Waals surface area contributed by atoms with Crippen LogP contribution in [-0.4, -0.2) is 72.7 Å². The third kappa shape index (κ3) is 9.33. The first-order valence-electron chi connectivity index (χ1n) is 13.1. The van der Waals surface area contributed by atoms with E-state index in [1.807, 2.05) is 20.8 Å². The summed E-state index contributed by atoms with van der Waals surface area (Å²) in [6.45, 7) is 7.58. The molecule has 0 radical (unpaired) electrons. The van der Waals surface area contributed by atoms with Gasteiger partial charge in [-0.15, -0.1) is 0 Å². The quantitative estimate of drug-likeness (QED) is 0.238. The van der Waals surface area contributed by atoms with Crippen LogP contribution in [-0.2, 0) is 20.7 Å². The molecule has 13 heteroatoms. The summed E-state index contributed by atoms with van der Waals surface area (Å²) in [6.07, 6.45) is -1.80. The van der Waals surface area contributed by atoms with Crippen molar-refractivity contribution in [2.45, 2.75) is 72.0 Å². The molecule has 2 rings (SSSR count). The maximum absolute atomic E-state index is 14.3. The third-order valence-electron chi connectivity index (χ3n) is 6.49. The van der Waals surface area contributed by atoms with Gasteiger partial charge in [0.15, 0.2) is 0 Å². The summed E-state index contributed by atoms with van der Waals surface area (Å²) >= 11 is 12.6. The number of aromatic nitrogens is 1. The van der Waals surface area contributed by atoms with E-state index in [9.17, 15) is 22.8 Å². The molecule has 1 atom stereocenters. The van der Waals surface area contributed by atoms with Crippen molar-refractivity contribution in [3.05, 3.63) is 21.8 Å². The average molecular weight is 610 g/mol. The normalized spacial score (nSPS) is 19.1. The van der Waals surface area contributed by atoms with E-state index < -0.39 is 35.2 Å². The fraction of sp³-hybridized carbons (Fsp3) is 0.667. The lowest BCUT2D eigenvalue weighted by atomic mass is 9.86. The van der Waals surface area contributed by atoms with E-state index >= 15 is 0 Å². The van der Waals surface area contributed by atoms with Crippen molar-refractivity contribution < 1.29 is 32.2 Å². The molecule has 1 saturated carbocycles. The van der Waals surface area contributed by atoms with Crippen molar-refractivity contribution in [3.8, 4) is 5.88 Å². The Morgan fingerprint density at radius 3 is 2.35 bits per heavy atom. The second kappa shape index (κ2) is 14.5. The minimum Gasteiger partial charge on any atom is -0.480 e. The van der Waals surface area contributed by atoms with Gasteiger partial charge in [-0.25, -0.2) is 4.98 Å². The molecule has 1 amide bonds. The van der Waals surface area contributed by atoms with Gasteiger partial charge in [0.25, 0.3) is 0 Å². The lowest BCUT2D eigenvalue weighted by Crippen LogP contribution is -2.48. The van der Waals surface area contributed by atoms with Gasteiger partial charge in [-0.2, -0.15) is 13.2 Å². The summed E-state index contributed by atoms with van der Waals surface area (Å²) in [5, 5.41) is 8.19. The van der Waals surface area contributed by atoms with E-state index in [0.717, 1.165) is 0 Å². The summed E-state index contributed by atoms with van der Waals surface area (Å²) in [6, 6.07) is -0.726. The van der Waals surface area contributed by atoms with Crippen LogP contribution in [0, 0.1) is 22.7 Å². The zero-order chi connectivity index (χ0) is 30.3. The number of methoxy groups -OCH3 is 1. The fourth-order valence-corrected chi connectivity index (χ4v) is 5.24. The van der Waals surface area contributed by atoms with Crippen molar-refractivity contribution in [2.75, 3.05) is 26.8 Å². The average Bonchev–Trinajstić information content (AvgIpc) is 2.87. The monoisotopic (exact) mass is 608 g/mol. The van der Waals surface area contributed by atoms with Crippen LogP contribution in [0.4, 0.5) is 13.2 Å². The summed E-state index contributed by atoms with van der Waals surface area (Å²) in [4.78, 5) is 34.9. The van der Waals surface area contributed by atoms with Crippen molar-refractivity contribution in [3.63, 3.8) is 0 Å². The number of alkyl halides is 3. The zero-order valence-corrected chi connectivity index (χ0v) is 24.9. The Kier molecular flexibility index (Phi) is 12.2. The van der Waals surface area contributed by atoms with Crippen molar-refractivity contribution in [1.82, 2.24) is 9.88 Å². The molecular weight excluding hydrogens is 572 g/mol. The van der Waals surface area contributed by atoms with Gasteiger partial charge in [-0.05, 0) is 50.0 Å². The molecular formula is C27H37Cl2F3N4O4. The molecule has 224 valence electrons. The number of nitrogens with one attached hydrogen (secondary N) is 1. The number of ether oxygens (including phenoxy) is 2. The number of hydrogen-bond donors (Lipinski definition) is 1. The molecule has 1 unspecified atom stereocenters.